The Balaban J connectivity index is 1.43. The molecule has 3 nitrogen and oxygen atoms in total. The number of hydrogen-bond donors (Lipinski definition) is 2. The van der Waals surface area contributed by atoms with Crippen LogP contribution in [0.4, 0.5) is 0 Å². The van der Waals surface area contributed by atoms with Gasteiger partial charge in [0, 0.05) is 18.6 Å². The number of aliphatic hydroxyl groups excluding tert-OH is 1. The van der Waals surface area contributed by atoms with Crippen LogP contribution in [0.5, 0.6) is 0 Å². The molecule has 18 heavy (non-hydrogen) atoms. The van der Waals surface area contributed by atoms with Crippen LogP contribution < -0.4 is 5.32 Å². The molecule has 2 heterocycles. The van der Waals surface area contributed by atoms with Crippen molar-refractivity contribution in [3.8, 4) is 0 Å². The third-order valence-corrected chi connectivity index (χ3v) is 5.34. The van der Waals surface area contributed by atoms with Gasteiger partial charge in [0.05, 0.1) is 6.10 Å². The van der Waals surface area contributed by atoms with Gasteiger partial charge in [-0.1, -0.05) is 6.42 Å². The van der Waals surface area contributed by atoms with E-state index in [0.29, 0.717) is 0 Å². The Morgan fingerprint density at radius 3 is 2.61 bits per heavy atom. The van der Waals surface area contributed by atoms with Gasteiger partial charge in [0.25, 0.3) is 0 Å². The van der Waals surface area contributed by atoms with Crippen molar-refractivity contribution in [2.75, 3.05) is 19.6 Å². The number of rotatable bonds is 3. The number of nitrogens with one attached hydrogen (secondary N) is 1. The first kappa shape index (κ1) is 12.9. The maximum absolute atomic E-state index is 9.53. The molecule has 104 valence electrons. The zero-order valence-electron chi connectivity index (χ0n) is 11.5. The summed E-state index contributed by atoms with van der Waals surface area (Å²) in [7, 11) is 0. The molecular weight excluding hydrogens is 224 g/mol. The van der Waals surface area contributed by atoms with Crippen LogP contribution in [-0.4, -0.2) is 47.8 Å². The van der Waals surface area contributed by atoms with E-state index in [0.717, 1.165) is 30.8 Å². The topological polar surface area (TPSA) is 35.5 Å². The van der Waals surface area contributed by atoms with Crippen LogP contribution in [0.1, 0.15) is 51.4 Å². The van der Waals surface area contributed by atoms with Crippen molar-refractivity contribution in [1.29, 1.82) is 0 Å². The number of piperidine rings is 1. The quantitative estimate of drug-likeness (QED) is 0.803. The maximum Gasteiger partial charge on any atom is 0.0540 e. The molecule has 0 aromatic carbocycles. The fourth-order valence-electron chi connectivity index (χ4n) is 4.15. The second-order valence-corrected chi connectivity index (χ2v) is 6.58. The minimum Gasteiger partial charge on any atom is -0.393 e. The Morgan fingerprint density at radius 1 is 0.944 bits per heavy atom. The van der Waals surface area contributed by atoms with Crippen molar-refractivity contribution >= 4 is 0 Å². The first-order valence-electron chi connectivity index (χ1n) is 7.98. The Bertz CT molecular complexity index is 263. The maximum atomic E-state index is 9.53. The lowest BCUT2D eigenvalue weighted by molar-refractivity contribution is 0.106. The van der Waals surface area contributed by atoms with Crippen LogP contribution in [0.3, 0.4) is 0 Å². The van der Waals surface area contributed by atoms with Crippen molar-refractivity contribution in [2.24, 2.45) is 5.92 Å². The van der Waals surface area contributed by atoms with Gasteiger partial charge in [0.15, 0.2) is 0 Å². The minimum atomic E-state index is -0.0124. The van der Waals surface area contributed by atoms with Crippen molar-refractivity contribution in [2.45, 2.75) is 69.6 Å². The van der Waals surface area contributed by atoms with Gasteiger partial charge < -0.3 is 10.4 Å². The molecule has 1 saturated carbocycles. The lowest BCUT2D eigenvalue weighted by Crippen LogP contribution is -2.46. The fourth-order valence-corrected chi connectivity index (χ4v) is 4.15. The molecule has 0 aromatic rings. The van der Waals surface area contributed by atoms with Gasteiger partial charge >= 0.3 is 0 Å². The summed E-state index contributed by atoms with van der Waals surface area (Å²) in [6.07, 6.45) is 10.0. The second kappa shape index (κ2) is 5.89. The number of hydrogen-bond acceptors (Lipinski definition) is 3. The van der Waals surface area contributed by atoms with Gasteiger partial charge in [-0.05, 0) is 64.0 Å². The molecule has 3 aliphatic rings. The highest BCUT2D eigenvalue weighted by Crippen LogP contribution is 2.28. The molecular formula is C15H28N2O. The van der Waals surface area contributed by atoms with Crippen LogP contribution in [0.25, 0.3) is 0 Å². The Morgan fingerprint density at radius 2 is 1.78 bits per heavy atom. The van der Waals surface area contributed by atoms with Crippen LogP contribution in [0.2, 0.25) is 0 Å². The lowest BCUT2D eigenvalue weighted by atomic mass is 9.87. The Labute approximate surface area is 111 Å². The molecule has 0 bridgehead atoms. The summed E-state index contributed by atoms with van der Waals surface area (Å²) in [5, 5.41) is 13.4. The van der Waals surface area contributed by atoms with E-state index < -0.39 is 0 Å². The zero-order valence-corrected chi connectivity index (χ0v) is 11.5. The molecule has 2 unspecified atom stereocenters. The second-order valence-electron chi connectivity index (χ2n) is 6.58. The minimum absolute atomic E-state index is 0.0124. The monoisotopic (exact) mass is 252 g/mol. The summed E-state index contributed by atoms with van der Waals surface area (Å²) in [5.74, 6) is 0.811. The molecule has 1 aliphatic carbocycles. The third-order valence-electron chi connectivity index (χ3n) is 5.34. The van der Waals surface area contributed by atoms with E-state index in [1.54, 1.807) is 0 Å². The number of aliphatic hydroxyl groups is 1. The summed E-state index contributed by atoms with van der Waals surface area (Å²) in [4.78, 5) is 2.70. The highest BCUT2D eigenvalue weighted by molar-refractivity contribution is 4.94. The largest absolute Gasteiger partial charge is 0.393 e. The third kappa shape index (κ3) is 2.89. The average molecular weight is 252 g/mol. The highest BCUT2D eigenvalue weighted by atomic mass is 16.3. The van der Waals surface area contributed by atoms with E-state index in [2.05, 4.69) is 10.2 Å². The lowest BCUT2D eigenvalue weighted by Gasteiger charge is -2.34. The molecule has 0 aromatic heterocycles. The predicted octanol–water partition coefficient (Wildman–Crippen LogP) is 1.75. The molecule has 3 rings (SSSR count). The first-order chi connectivity index (χ1) is 8.83. The van der Waals surface area contributed by atoms with Gasteiger partial charge in [-0.15, -0.1) is 0 Å². The molecule has 2 atom stereocenters. The highest BCUT2D eigenvalue weighted by Gasteiger charge is 2.35. The Kier molecular flexibility index (Phi) is 4.22. The summed E-state index contributed by atoms with van der Waals surface area (Å²) >= 11 is 0. The number of nitrogens with zero attached hydrogens (tertiary/aromatic N) is 1. The van der Waals surface area contributed by atoms with E-state index in [-0.39, 0.29) is 6.10 Å². The normalized spacial score (nSPS) is 41.8. The van der Waals surface area contributed by atoms with Crippen LogP contribution in [0.15, 0.2) is 0 Å². The molecule has 0 amide bonds. The molecule has 0 radical (unpaired) electrons. The Hall–Kier alpha value is -0.120. The number of fused-ring (bicyclic) bond motifs is 1. The standard InChI is InChI=1S/C15H28N2O/c18-13-6-4-12(5-7-13)11-16-14-8-10-17-9-2-1-3-15(14)17/h12-16,18H,1-11H2. The van der Waals surface area contributed by atoms with E-state index >= 15 is 0 Å². The van der Waals surface area contributed by atoms with Gasteiger partial charge in [0.2, 0.25) is 0 Å². The van der Waals surface area contributed by atoms with Gasteiger partial charge in [-0.2, -0.15) is 0 Å². The van der Waals surface area contributed by atoms with E-state index in [9.17, 15) is 5.11 Å². The van der Waals surface area contributed by atoms with E-state index in [4.69, 9.17) is 0 Å². The summed E-state index contributed by atoms with van der Waals surface area (Å²) in [6, 6.07) is 1.57. The van der Waals surface area contributed by atoms with E-state index in [1.165, 1.54) is 58.2 Å². The van der Waals surface area contributed by atoms with Crippen molar-refractivity contribution < 1.29 is 5.11 Å². The van der Waals surface area contributed by atoms with Gasteiger partial charge in [-0.25, -0.2) is 0 Å². The average Bonchev–Trinajstić information content (AvgIpc) is 2.82. The summed E-state index contributed by atoms with van der Waals surface area (Å²) in [5.41, 5.74) is 0. The van der Waals surface area contributed by atoms with E-state index in [1.807, 2.05) is 0 Å². The van der Waals surface area contributed by atoms with Crippen LogP contribution >= 0.6 is 0 Å². The molecule has 2 saturated heterocycles. The zero-order chi connectivity index (χ0) is 12.4. The van der Waals surface area contributed by atoms with Crippen molar-refractivity contribution in [3.63, 3.8) is 0 Å². The first-order valence-corrected chi connectivity index (χ1v) is 7.98. The van der Waals surface area contributed by atoms with Crippen molar-refractivity contribution in [1.82, 2.24) is 10.2 Å². The summed E-state index contributed by atoms with van der Waals surface area (Å²) in [6.45, 7) is 3.83. The van der Waals surface area contributed by atoms with Gasteiger partial charge in [-0.3, -0.25) is 4.90 Å². The molecule has 2 aliphatic heterocycles. The SMILES string of the molecule is OC1CCC(CNC2CCN3CCCCC23)CC1. The van der Waals surface area contributed by atoms with Crippen molar-refractivity contribution in [3.05, 3.63) is 0 Å². The van der Waals surface area contributed by atoms with Crippen LogP contribution in [-0.2, 0) is 0 Å². The fraction of sp³-hybridized carbons (Fsp3) is 1.00. The molecule has 3 fully saturated rings. The summed E-state index contributed by atoms with van der Waals surface area (Å²) < 4.78 is 0. The molecule has 2 N–H and O–H groups in total. The predicted molar refractivity (Wildman–Crippen MR) is 73.6 cm³/mol. The molecule has 3 heteroatoms. The molecule has 0 spiro atoms. The van der Waals surface area contributed by atoms with Crippen LogP contribution in [0, 0.1) is 5.92 Å². The smallest absolute Gasteiger partial charge is 0.0540 e. The van der Waals surface area contributed by atoms with Gasteiger partial charge in [0.1, 0.15) is 0 Å².